The van der Waals surface area contributed by atoms with Gasteiger partial charge in [-0.1, -0.05) is 0 Å². The van der Waals surface area contributed by atoms with E-state index in [4.69, 9.17) is 0 Å². The second-order valence-electron chi connectivity index (χ2n) is 6.58. The van der Waals surface area contributed by atoms with Crippen LogP contribution >= 0.6 is 12.4 Å². The SMILES string of the molecule is Cl.O=C(CN1CCCCC1=O)N1CCC2(CCNC2)CC1. The second kappa shape index (κ2) is 6.97. The van der Waals surface area contributed by atoms with Gasteiger partial charge in [0.05, 0.1) is 6.54 Å². The molecule has 0 aromatic rings. The maximum Gasteiger partial charge on any atom is 0.242 e. The molecule has 0 saturated carbocycles. The van der Waals surface area contributed by atoms with Gasteiger partial charge in [0, 0.05) is 32.6 Å². The van der Waals surface area contributed by atoms with Gasteiger partial charge in [0.2, 0.25) is 11.8 Å². The molecule has 0 atom stereocenters. The van der Waals surface area contributed by atoms with Gasteiger partial charge >= 0.3 is 0 Å². The van der Waals surface area contributed by atoms with Crippen molar-refractivity contribution in [1.29, 1.82) is 0 Å². The summed E-state index contributed by atoms with van der Waals surface area (Å²) >= 11 is 0. The average molecular weight is 316 g/mol. The molecule has 0 bridgehead atoms. The van der Waals surface area contributed by atoms with Gasteiger partial charge in [-0.3, -0.25) is 9.59 Å². The largest absolute Gasteiger partial charge is 0.341 e. The van der Waals surface area contributed by atoms with Gasteiger partial charge in [0.25, 0.3) is 0 Å². The van der Waals surface area contributed by atoms with Crippen LogP contribution in [-0.2, 0) is 9.59 Å². The lowest BCUT2D eigenvalue weighted by atomic mass is 9.78. The van der Waals surface area contributed by atoms with Crippen LogP contribution in [0.3, 0.4) is 0 Å². The highest BCUT2D eigenvalue weighted by atomic mass is 35.5. The van der Waals surface area contributed by atoms with Gasteiger partial charge in [-0.15, -0.1) is 12.4 Å². The Morgan fingerprint density at radius 3 is 2.52 bits per heavy atom. The van der Waals surface area contributed by atoms with Crippen molar-refractivity contribution in [2.45, 2.75) is 38.5 Å². The number of carbonyl (C=O) groups is 2. The summed E-state index contributed by atoms with van der Waals surface area (Å²) in [6.07, 6.45) is 6.09. The quantitative estimate of drug-likeness (QED) is 0.828. The predicted molar refractivity (Wildman–Crippen MR) is 83.4 cm³/mol. The summed E-state index contributed by atoms with van der Waals surface area (Å²) in [7, 11) is 0. The maximum absolute atomic E-state index is 12.3. The summed E-state index contributed by atoms with van der Waals surface area (Å²) < 4.78 is 0. The minimum atomic E-state index is 0. The molecule has 2 amide bonds. The van der Waals surface area contributed by atoms with Crippen LogP contribution < -0.4 is 5.32 Å². The van der Waals surface area contributed by atoms with E-state index in [1.54, 1.807) is 4.90 Å². The van der Waals surface area contributed by atoms with Crippen molar-refractivity contribution >= 4 is 24.2 Å². The molecule has 1 N–H and O–H groups in total. The Kier molecular flexibility index (Phi) is 5.49. The first kappa shape index (κ1) is 16.6. The lowest BCUT2D eigenvalue weighted by Crippen LogP contribution is -2.49. The van der Waals surface area contributed by atoms with Crippen LogP contribution in [0.15, 0.2) is 0 Å². The molecule has 3 fully saturated rings. The molecule has 0 unspecified atom stereocenters. The highest BCUT2D eigenvalue weighted by molar-refractivity contribution is 5.85. The number of hydrogen-bond donors (Lipinski definition) is 1. The number of halogens is 1. The van der Waals surface area contributed by atoms with Crippen molar-refractivity contribution in [3.63, 3.8) is 0 Å². The lowest BCUT2D eigenvalue weighted by molar-refractivity contribution is -0.143. The standard InChI is InChI=1S/C15H25N3O2.ClH/c19-13-3-1-2-8-18(13)11-14(20)17-9-5-15(6-10-17)4-7-16-12-15;/h16H,1-12H2;1H. The van der Waals surface area contributed by atoms with Crippen LogP contribution in [0.2, 0.25) is 0 Å². The van der Waals surface area contributed by atoms with Gasteiger partial charge in [-0.25, -0.2) is 0 Å². The molecule has 21 heavy (non-hydrogen) atoms. The second-order valence-corrected chi connectivity index (χ2v) is 6.58. The summed E-state index contributed by atoms with van der Waals surface area (Å²) in [4.78, 5) is 27.8. The highest BCUT2D eigenvalue weighted by Gasteiger charge is 2.38. The van der Waals surface area contributed by atoms with Crippen LogP contribution in [0, 0.1) is 5.41 Å². The van der Waals surface area contributed by atoms with E-state index in [1.807, 2.05) is 4.90 Å². The Balaban J connectivity index is 0.00000161. The predicted octanol–water partition coefficient (Wildman–Crippen LogP) is 1.02. The van der Waals surface area contributed by atoms with Gasteiger partial charge < -0.3 is 15.1 Å². The Labute approximate surface area is 132 Å². The Morgan fingerprint density at radius 1 is 1.14 bits per heavy atom. The Bertz CT molecular complexity index is 386. The van der Waals surface area contributed by atoms with Gasteiger partial charge in [-0.2, -0.15) is 0 Å². The molecule has 3 saturated heterocycles. The monoisotopic (exact) mass is 315 g/mol. The number of nitrogens with zero attached hydrogens (tertiary/aromatic N) is 2. The van der Waals surface area contributed by atoms with E-state index in [1.165, 1.54) is 6.42 Å². The van der Waals surface area contributed by atoms with Crippen molar-refractivity contribution in [1.82, 2.24) is 15.1 Å². The van der Waals surface area contributed by atoms with Crippen LogP contribution in [0.25, 0.3) is 0 Å². The third-order valence-corrected chi connectivity index (χ3v) is 5.26. The lowest BCUT2D eigenvalue weighted by Gasteiger charge is -2.39. The topological polar surface area (TPSA) is 52.7 Å². The first-order chi connectivity index (χ1) is 9.69. The smallest absolute Gasteiger partial charge is 0.242 e. The van der Waals surface area contributed by atoms with E-state index in [2.05, 4.69) is 5.32 Å². The van der Waals surface area contributed by atoms with Crippen molar-refractivity contribution in [3.05, 3.63) is 0 Å². The number of rotatable bonds is 2. The van der Waals surface area contributed by atoms with Crippen LogP contribution in [0.1, 0.15) is 38.5 Å². The van der Waals surface area contributed by atoms with E-state index < -0.39 is 0 Å². The fraction of sp³-hybridized carbons (Fsp3) is 0.867. The molecule has 120 valence electrons. The first-order valence-electron chi connectivity index (χ1n) is 7.95. The van der Waals surface area contributed by atoms with Gasteiger partial charge in [-0.05, 0) is 44.1 Å². The third-order valence-electron chi connectivity index (χ3n) is 5.26. The average Bonchev–Trinajstić information content (AvgIpc) is 2.90. The third kappa shape index (κ3) is 3.69. The molecule has 0 aliphatic carbocycles. The Morgan fingerprint density at radius 2 is 1.90 bits per heavy atom. The highest BCUT2D eigenvalue weighted by Crippen LogP contribution is 2.36. The molecular weight excluding hydrogens is 290 g/mol. The number of nitrogens with one attached hydrogen (secondary N) is 1. The number of hydrogen-bond acceptors (Lipinski definition) is 3. The molecule has 3 heterocycles. The van der Waals surface area contributed by atoms with Crippen molar-refractivity contribution in [2.24, 2.45) is 5.41 Å². The van der Waals surface area contributed by atoms with E-state index in [0.717, 1.165) is 58.4 Å². The fourth-order valence-corrected chi connectivity index (χ4v) is 3.74. The van der Waals surface area contributed by atoms with Gasteiger partial charge in [0.15, 0.2) is 0 Å². The zero-order valence-electron chi connectivity index (χ0n) is 12.6. The van der Waals surface area contributed by atoms with Gasteiger partial charge in [0.1, 0.15) is 0 Å². The van der Waals surface area contributed by atoms with E-state index in [9.17, 15) is 9.59 Å². The molecule has 1 spiro atoms. The summed E-state index contributed by atoms with van der Waals surface area (Å²) in [5.74, 6) is 0.291. The van der Waals surface area contributed by atoms with Crippen LogP contribution in [-0.4, -0.2) is 60.9 Å². The molecule has 0 aromatic heterocycles. The molecular formula is C15H26ClN3O2. The Hall–Kier alpha value is -0.810. The van der Waals surface area contributed by atoms with Crippen LogP contribution in [0.4, 0.5) is 0 Å². The zero-order chi connectivity index (χ0) is 14.0. The molecule has 5 nitrogen and oxygen atoms in total. The van der Waals surface area contributed by atoms with Crippen molar-refractivity contribution < 1.29 is 9.59 Å². The minimum Gasteiger partial charge on any atom is -0.341 e. The number of carbonyl (C=O) groups excluding carboxylic acids is 2. The minimum absolute atomic E-state index is 0. The summed E-state index contributed by atoms with van der Waals surface area (Å²) in [6, 6.07) is 0. The first-order valence-corrected chi connectivity index (χ1v) is 7.95. The van der Waals surface area contributed by atoms with Crippen molar-refractivity contribution in [3.8, 4) is 0 Å². The van der Waals surface area contributed by atoms with Crippen molar-refractivity contribution in [2.75, 3.05) is 39.3 Å². The molecule has 3 aliphatic rings. The maximum atomic E-state index is 12.3. The zero-order valence-corrected chi connectivity index (χ0v) is 13.4. The molecule has 3 aliphatic heterocycles. The molecule has 3 rings (SSSR count). The number of piperidine rings is 2. The summed E-state index contributed by atoms with van der Waals surface area (Å²) in [5, 5.41) is 3.44. The summed E-state index contributed by atoms with van der Waals surface area (Å²) in [6.45, 7) is 5.01. The number of likely N-dealkylation sites (tertiary alicyclic amines) is 2. The van der Waals surface area contributed by atoms with Crippen LogP contribution in [0.5, 0.6) is 0 Å². The molecule has 0 radical (unpaired) electrons. The normalized spacial score (nSPS) is 25.0. The van der Waals surface area contributed by atoms with E-state index in [-0.39, 0.29) is 24.2 Å². The number of amides is 2. The molecule has 0 aromatic carbocycles. The van der Waals surface area contributed by atoms with E-state index >= 15 is 0 Å². The molecule has 6 heteroatoms. The fourth-order valence-electron chi connectivity index (χ4n) is 3.74. The summed E-state index contributed by atoms with van der Waals surface area (Å²) in [5.41, 5.74) is 0.442. The van der Waals surface area contributed by atoms with E-state index in [0.29, 0.717) is 18.4 Å².